The number of aliphatic hydroxyl groups is 1. The Balaban J connectivity index is 1.46. The van der Waals surface area contributed by atoms with E-state index in [1.807, 2.05) is 30.2 Å². The van der Waals surface area contributed by atoms with E-state index in [9.17, 15) is 9.90 Å². The van der Waals surface area contributed by atoms with E-state index in [0.29, 0.717) is 30.4 Å². The number of amides is 1. The minimum absolute atomic E-state index is 0.0253. The summed E-state index contributed by atoms with van der Waals surface area (Å²) in [5, 5.41) is 13.6. The van der Waals surface area contributed by atoms with Crippen LogP contribution in [0.2, 0.25) is 0 Å². The highest BCUT2D eigenvalue weighted by atomic mass is 16.5. The van der Waals surface area contributed by atoms with Gasteiger partial charge in [0.2, 0.25) is 11.7 Å². The van der Waals surface area contributed by atoms with Gasteiger partial charge in [0.1, 0.15) is 11.5 Å². The molecule has 1 aromatic carbocycles. The molecule has 162 valence electrons. The highest BCUT2D eigenvalue weighted by Crippen LogP contribution is 2.49. The van der Waals surface area contributed by atoms with Crippen LogP contribution < -0.4 is 0 Å². The Labute approximate surface area is 180 Å². The van der Waals surface area contributed by atoms with Gasteiger partial charge in [0.25, 0.3) is 5.89 Å². The fourth-order valence-corrected chi connectivity index (χ4v) is 5.02. The van der Waals surface area contributed by atoms with Gasteiger partial charge in [0.05, 0.1) is 12.6 Å². The first-order valence-electron chi connectivity index (χ1n) is 11.0. The van der Waals surface area contributed by atoms with Gasteiger partial charge in [-0.2, -0.15) is 4.98 Å². The van der Waals surface area contributed by atoms with Crippen LogP contribution in [0.5, 0.6) is 0 Å². The van der Waals surface area contributed by atoms with Crippen molar-refractivity contribution in [2.75, 3.05) is 13.2 Å². The Morgan fingerprint density at radius 2 is 2.10 bits per heavy atom. The quantitative estimate of drug-likeness (QED) is 0.629. The number of fused-ring (bicyclic) bond motifs is 3. The van der Waals surface area contributed by atoms with E-state index in [-0.39, 0.29) is 24.5 Å². The van der Waals surface area contributed by atoms with E-state index < -0.39 is 0 Å². The Morgan fingerprint density at radius 3 is 2.90 bits per heavy atom. The Bertz CT molecular complexity index is 1120. The SMILES string of the molecule is CCCCn1cc(-c2nc(-c3cccc4c3CC3CC(=O)N(CCO)C43)no2)nc1C. The number of benzene rings is 1. The Morgan fingerprint density at radius 1 is 1.23 bits per heavy atom. The lowest BCUT2D eigenvalue weighted by Crippen LogP contribution is -2.30. The number of aryl methyl sites for hydroxylation is 2. The fraction of sp³-hybridized carbons (Fsp3) is 0.478. The van der Waals surface area contributed by atoms with Crippen LogP contribution in [0, 0.1) is 12.8 Å². The van der Waals surface area contributed by atoms with Gasteiger partial charge in [-0.15, -0.1) is 0 Å². The minimum Gasteiger partial charge on any atom is -0.395 e. The first kappa shape index (κ1) is 19.9. The molecule has 2 unspecified atom stereocenters. The number of carbonyl (C=O) groups is 1. The van der Waals surface area contributed by atoms with Crippen LogP contribution in [0.15, 0.2) is 28.9 Å². The fourth-order valence-electron chi connectivity index (χ4n) is 5.02. The van der Waals surface area contributed by atoms with Gasteiger partial charge in [-0.1, -0.05) is 36.7 Å². The molecule has 0 bridgehead atoms. The van der Waals surface area contributed by atoms with Crippen LogP contribution in [-0.2, 0) is 17.8 Å². The summed E-state index contributed by atoms with van der Waals surface area (Å²) in [7, 11) is 0. The van der Waals surface area contributed by atoms with Crippen molar-refractivity contribution < 1.29 is 14.4 Å². The summed E-state index contributed by atoms with van der Waals surface area (Å²) in [5.41, 5.74) is 3.94. The molecule has 5 rings (SSSR count). The third kappa shape index (κ3) is 3.35. The second-order valence-electron chi connectivity index (χ2n) is 8.44. The number of unbranched alkanes of at least 4 members (excludes halogenated alkanes) is 1. The zero-order valence-corrected chi connectivity index (χ0v) is 17.9. The molecule has 1 fully saturated rings. The predicted octanol–water partition coefficient (Wildman–Crippen LogP) is 3.15. The van der Waals surface area contributed by atoms with Gasteiger partial charge in [0.15, 0.2) is 0 Å². The van der Waals surface area contributed by atoms with Crippen LogP contribution in [0.1, 0.15) is 49.2 Å². The molecular weight excluding hydrogens is 394 g/mol. The molecule has 1 aliphatic heterocycles. The van der Waals surface area contributed by atoms with E-state index in [1.54, 1.807) is 0 Å². The first-order valence-corrected chi connectivity index (χ1v) is 11.0. The Kier molecular flexibility index (Phi) is 5.09. The summed E-state index contributed by atoms with van der Waals surface area (Å²) in [6, 6.07) is 6.10. The van der Waals surface area contributed by atoms with Crippen LogP contribution in [0.3, 0.4) is 0 Å². The molecule has 2 aromatic heterocycles. The van der Waals surface area contributed by atoms with Crippen molar-refractivity contribution in [2.45, 2.75) is 52.1 Å². The molecule has 1 aliphatic carbocycles. The van der Waals surface area contributed by atoms with Gasteiger partial charge >= 0.3 is 0 Å². The minimum atomic E-state index is -0.0253. The zero-order chi connectivity index (χ0) is 21.5. The molecule has 1 saturated heterocycles. The lowest BCUT2D eigenvalue weighted by molar-refractivity contribution is -0.129. The van der Waals surface area contributed by atoms with Crippen LogP contribution in [-0.4, -0.2) is 48.8 Å². The molecule has 2 aliphatic rings. The van der Waals surface area contributed by atoms with E-state index in [1.165, 1.54) is 5.56 Å². The van der Waals surface area contributed by atoms with Crippen molar-refractivity contribution in [1.82, 2.24) is 24.6 Å². The lowest BCUT2D eigenvalue weighted by Gasteiger charge is -2.24. The number of rotatable bonds is 7. The lowest BCUT2D eigenvalue weighted by atomic mass is 10.0. The van der Waals surface area contributed by atoms with E-state index in [2.05, 4.69) is 32.7 Å². The third-order valence-corrected chi connectivity index (χ3v) is 6.49. The molecule has 0 spiro atoms. The largest absolute Gasteiger partial charge is 0.395 e. The highest BCUT2D eigenvalue weighted by molar-refractivity contribution is 5.81. The number of aromatic nitrogens is 4. The van der Waals surface area contributed by atoms with Crippen molar-refractivity contribution in [2.24, 2.45) is 5.92 Å². The summed E-state index contributed by atoms with van der Waals surface area (Å²) >= 11 is 0. The monoisotopic (exact) mass is 421 g/mol. The third-order valence-electron chi connectivity index (χ3n) is 6.49. The number of likely N-dealkylation sites (tertiary alicyclic amines) is 1. The number of β-amino-alcohol motifs (C(OH)–C–C–N with tert-alkyl or cyclic N) is 1. The van der Waals surface area contributed by atoms with Crippen molar-refractivity contribution >= 4 is 5.91 Å². The van der Waals surface area contributed by atoms with Gasteiger partial charge in [-0.05, 0) is 36.8 Å². The molecule has 8 nitrogen and oxygen atoms in total. The average molecular weight is 422 g/mol. The number of hydrogen-bond acceptors (Lipinski definition) is 6. The number of hydrogen-bond donors (Lipinski definition) is 1. The summed E-state index contributed by atoms with van der Waals surface area (Å²) < 4.78 is 7.70. The maximum atomic E-state index is 12.4. The summed E-state index contributed by atoms with van der Waals surface area (Å²) in [4.78, 5) is 23.4. The van der Waals surface area contributed by atoms with E-state index >= 15 is 0 Å². The maximum Gasteiger partial charge on any atom is 0.278 e. The highest BCUT2D eigenvalue weighted by Gasteiger charge is 2.46. The second kappa shape index (κ2) is 7.92. The number of nitrogens with zero attached hydrogens (tertiary/aromatic N) is 5. The van der Waals surface area contributed by atoms with Gasteiger partial charge < -0.3 is 19.1 Å². The van der Waals surface area contributed by atoms with Crippen molar-refractivity contribution in [3.05, 3.63) is 41.3 Å². The number of carbonyl (C=O) groups excluding carboxylic acids is 1. The maximum absolute atomic E-state index is 12.4. The van der Waals surface area contributed by atoms with Crippen molar-refractivity contribution in [1.29, 1.82) is 0 Å². The second-order valence-corrected chi connectivity index (χ2v) is 8.44. The molecule has 1 N–H and O–H groups in total. The molecule has 3 heterocycles. The molecule has 2 atom stereocenters. The molecular formula is C23H27N5O3. The van der Waals surface area contributed by atoms with Gasteiger partial charge in [-0.3, -0.25) is 4.79 Å². The molecule has 0 saturated carbocycles. The molecule has 1 amide bonds. The van der Waals surface area contributed by atoms with E-state index in [0.717, 1.165) is 42.8 Å². The predicted molar refractivity (Wildman–Crippen MR) is 114 cm³/mol. The molecule has 0 radical (unpaired) electrons. The molecule has 8 heteroatoms. The van der Waals surface area contributed by atoms with Crippen LogP contribution >= 0.6 is 0 Å². The molecule has 31 heavy (non-hydrogen) atoms. The number of imidazole rings is 1. The number of aliphatic hydroxyl groups excluding tert-OH is 1. The summed E-state index contributed by atoms with van der Waals surface area (Å²) in [6.45, 7) is 5.43. The first-order chi connectivity index (χ1) is 15.1. The standard InChI is InChI=1S/C23H27N5O3/c1-3-4-8-27-13-19(24-14(27)2)23-25-22(26-31-23)17-7-5-6-16-18(17)11-15-12-20(30)28(9-10-29)21(15)16/h5-7,13,15,21,29H,3-4,8-12H2,1-2H3. The van der Waals surface area contributed by atoms with E-state index in [4.69, 9.17) is 4.52 Å². The summed E-state index contributed by atoms with van der Waals surface area (Å²) in [6.07, 6.45) is 5.52. The smallest absolute Gasteiger partial charge is 0.278 e. The molecule has 3 aromatic rings. The van der Waals surface area contributed by atoms with Crippen molar-refractivity contribution in [3.63, 3.8) is 0 Å². The van der Waals surface area contributed by atoms with Crippen LogP contribution in [0.4, 0.5) is 0 Å². The van der Waals surface area contributed by atoms with Gasteiger partial charge in [-0.25, -0.2) is 4.98 Å². The van der Waals surface area contributed by atoms with Crippen molar-refractivity contribution in [3.8, 4) is 23.0 Å². The Hall–Kier alpha value is -3.00. The average Bonchev–Trinajstić information content (AvgIpc) is 3.51. The topological polar surface area (TPSA) is 97.3 Å². The van der Waals surface area contributed by atoms with Crippen LogP contribution in [0.25, 0.3) is 23.0 Å². The zero-order valence-electron chi connectivity index (χ0n) is 17.9. The van der Waals surface area contributed by atoms with Gasteiger partial charge in [0, 0.05) is 31.3 Å². The summed E-state index contributed by atoms with van der Waals surface area (Å²) in [5.74, 6) is 2.26. The normalized spacial score (nSPS) is 19.8.